The molecule has 0 unspecified atom stereocenters. The lowest BCUT2D eigenvalue weighted by Gasteiger charge is -2.11. The largest absolute Gasteiger partial charge is 0.352 e. The Labute approximate surface area is 140 Å². The third-order valence-electron chi connectivity index (χ3n) is 3.62. The maximum absolute atomic E-state index is 12.6. The Kier molecular flexibility index (Phi) is 4.44. The van der Waals surface area contributed by atoms with Gasteiger partial charge in [-0.25, -0.2) is 4.98 Å². The lowest BCUT2D eigenvalue weighted by atomic mass is 10.1. The number of pyridine rings is 1. The van der Waals surface area contributed by atoms with E-state index in [-0.39, 0.29) is 5.91 Å². The summed E-state index contributed by atoms with van der Waals surface area (Å²) in [7, 11) is 0. The summed E-state index contributed by atoms with van der Waals surface area (Å²) >= 11 is 1.69. The van der Waals surface area contributed by atoms with Crippen molar-refractivity contribution in [1.29, 1.82) is 0 Å². The smallest absolute Gasteiger partial charge is 0.252 e. The van der Waals surface area contributed by atoms with E-state index in [1.165, 1.54) is 4.88 Å². The van der Waals surface area contributed by atoms with E-state index in [1.807, 2.05) is 30.3 Å². The molecule has 3 aromatic rings. The Bertz CT molecular complexity index is 851. The maximum atomic E-state index is 12.6. The molecule has 0 saturated heterocycles. The van der Waals surface area contributed by atoms with Gasteiger partial charge in [0.15, 0.2) is 0 Å². The molecule has 0 aliphatic rings. The van der Waals surface area contributed by atoms with Gasteiger partial charge in [-0.2, -0.15) is 0 Å². The standard InChI is InChI=1S/C19H20N2OS/c1-12(2)11-20-19(22)15-10-17(18-9-8-13(3)23-18)21-16-7-5-4-6-14(15)16/h4-10,12H,11H2,1-3H3,(H,20,22). The summed E-state index contributed by atoms with van der Waals surface area (Å²) in [5, 5.41) is 3.91. The SMILES string of the molecule is Cc1ccc(-c2cc(C(=O)NCC(C)C)c3ccccc3n2)s1. The zero-order valence-electron chi connectivity index (χ0n) is 13.6. The van der Waals surface area contributed by atoms with E-state index in [4.69, 9.17) is 4.98 Å². The van der Waals surface area contributed by atoms with Gasteiger partial charge in [0.1, 0.15) is 0 Å². The number of aryl methyl sites for hydroxylation is 1. The fourth-order valence-corrected chi connectivity index (χ4v) is 3.28. The Morgan fingerprint density at radius 3 is 2.70 bits per heavy atom. The summed E-state index contributed by atoms with van der Waals surface area (Å²) in [5.41, 5.74) is 2.40. The van der Waals surface area contributed by atoms with E-state index >= 15 is 0 Å². The van der Waals surface area contributed by atoms with Gasteiger partial charge in [-0.15, -0.1) is 11.3 Å². The summed E-state index contributed by atoms with van der Waals surface area (Å²) in [6.07, 6.45) is 0. The highest BCUT2D eigenvalue weighted by molar-refractivity contribution is 7.15. The van der Waals surface area contributed by atoms with E-state index in [9.17, 15) is 4.79 Å². The van der Waals surface area contributed by atoms with Crippen molar-refractivity contribution in [2.24, 2.45) is 5.92 Å². The summed E-state index contributed by atoms with van der Waals surface area (Å²) in [4.78, 5) is 19.7. The highest BCUT2D eigenvalue weighted by atomic mass is 32.1. The predicted molar refractivity (Wildman–Crippen MR) is 97.0 cm³/mol. The Morgan fingerprint density at radius 1 is 1.22 bits per heavy atom. The van der Waals surface area contributed by atoms with E-state index < -0.39 is 0 Å². The van der Waals surface area contributed by atoms with Crippen LogP contribution in [-0.2, 0) is 0 Å². The van der Waals surface area contributed by atoms with Crippen LogP contribution in [0.2, 0.25) is 0 Å². The average Bonchev–Trinajstić information content (AvgIpc) is 2.98. The van der Waals surface area contributed by atoms with E-state index in [0.717, 1.165) is 21.5 Å². The molecule has 1 amide bonds. The third-order valence-corrected chi connectivity index (χ3v) is 4.65. The number of nitrogens with zero attached hydrogens (tertiary/aromatic N) is 1. The van der Waals surface area contributed by atoms with Crippen molar-refractivity contribution in [3.8, 4) is 10.6 Å². The van der Waals surface area contributed by atoms with Crippen LogP contribution in [0, 0.1) is 12.8 Å². The van der Waals surface area contributed by atoms with Crippen molar-refractivity contribution < 1.29 is 4.79 Å². The van der Waals surface area contributed by atoms with Crippen LogP contribution in [0.1, 0.15) is 29.1 Å². The van der Waals surface area contributed by atoms with Crippen LogP contribution in [0.5, 0.6) is 0 Å². The molecule has 23 heavy (non-hydrogen) atoms. The van der Waals surface area contributed by atoms with Crippen molar-refractivity contribution in [2.45, 2.75) is 20.8 Å². The van der Waals surface area contributed by atoms with Crippen LogP contribution in [0.3, 0.4) is 0 Å². The number of hydrogen-bond acceptors (Lipinski definition) is 3. The lowest BCUT2D eigenvalue weighted by Crippen LogP contribution is -2.27. The molecule has 1 aromatic carbocycles. The minimum Gasteiger partial charge on any atom is -0.352 e. The molecule has 0 bridgehead atoms. The number of benzene rings is 1. The molecule has 0 aliphatic heterocycles. The number of amides is 1. The number of rotatable bonds is 4. The monoisotopic (exact) mass is 324 g/mol. The fourth-order valence-electron chi connectivity index (χ4n) is 2.45. The normalized spacial score (nSPS) is 11.1. The number of hydrogen-bond donors (Lipinski definition) is 1. The Balaban J connectivity index is 2.09. The molecule has 0 aliphatic carbocycles. The Morgan fingerprint density at radius 2 is 2.00 bits per heavy atom. The topological polar surface area (TPSA) is 42.0 Å². The number of carbonyl (C=O) groups is 1. The molecule has 0 fully saturated rings. The number of thiophene rings is 1. The fraction of sp³-hybridized carbons (Fsp3) is 0.263. The number of para-hydroxylation sites is 1. The molecule has 0 spiro atoms. The van der Waals surface area contributed by atoms with Crippen LogP contribution in [0.25, 0.3) is 21.5 Å². The van der Waals surface area contributed by atoms with Gasteiger partial charge in [-0.3, -0.25) is 4.79 Å². The van der Waals surface area contributed by atoms with Crippen LogP contribution in [0.4, 0.5) is 0 Å². The summed E-state index contributed by atoms with van der Waals surface area (Å²) < 4.78 is 0. The molecule has 0 saturated carbocycles. The first-order chi connectivity index (χ1) is 11.0. The van der Waals surface area contributed by atoms with Crippen LogP contribution < -0.4 is 5.32 Å². The second-order valence-electron chi connectivity index (χ2n) is 6.09. The van der Waals surface area contributed by atoms with Crippen molar-refractivity contribution in [3.05, 3.63) is 52.9 Å². The van der Waals surface area contributed by atoms with Crippen LogP contribution in [-0.4, -0.2) is 17.4 Å². The van der Waals surface area contributed by atoms with Crippen molar-refractivity contribution in [3.63, 3.8) is 0 Å². The zero-order chi connectivity index (χ0) is 16.4. The number of nitrogens with one attached hydrogen (secondary N) is 1. The number of fused-ring (bicyclic) bond motifs is 1. The molecule has 2 heterocycles. The van der Waals surface area contributed by atoms with Gasteiger partial charge < -0.3 is 5.32 Å². The molecule has 2 aromatic heterocycles. The predicted octanol–water partition coefficient (Wildman–Crippen LogP) is 4.66. The minimum atomic E-state index is -0.0353. The minimum absolute atomic E-state index is 0.0353. The first kappa shape index (κ1) is 15.7. The third kappa shape index (κ3) is 3.42. The molecule has 118 valence electrons. The molecule has 3 rings (SSSR count). The zero-order valence-corrected chi connectivity index (χ0v) is 14.4. The van der Waals surface area contributed by atoms with Crippen molar-refractivity contribution >= 4 is 28.1 Å². The Hall–Kier alpha value is -2.20. The van der Waals surface area contributed by atoms with E-state index in [1.54, 1.807) is 11.3 Å². The highest BCUT2D eigenvalue weighted by Gasteiger charge is 2.14. The average molecular weight is 324 g/mol. The lowest BCUT2D eigenvalue weighted by molar-refractivity contribution is 0.0950. The van der Waals surface area contributed by atoms with Gasteiger partial charge in [0.25, 0.3) is 5.91 Å². The first-order valence-corrected chi connectivity index (χ1v) is 8.61. The second kappa shape index (κ2) is 6.50. The van der Waals surface area contributed by atoms with Crippen LogP contribution >= 0.6 is 11.3 Å². The van der Waals surface area contributed by atoms with E-state index in [0.29, 0.717) is 18.0 Å². The first-order valence-electron chi connectivity index (χ1n) is 7.79. The molecule has 0 radical (unpaired) electrons. The van der Waals surface area contributed by atoms with E-state index in [2.05, 4.69) is 38.2 Å². The quantitative estimate of drug-likeness (QED) is 0.758. The van der Waals surface area contributed by atoms with Gasteiger partial charge in [-0.05, 0) is 37.1 Å². The molecule has 1 N–H and O–H groups in total. The highest BCUT2D eigenvalue weighted by Crippen LogP contribution is 2.29. The van der Waals surface area contributed by atoms with Crippen LogP contribution in [0.15, 0.2) is 42.5 Å². The number of carbonyl (C=O) groups excluding carboxylic acids is 1. The van der Waals surface area contributed by atoms with Gasteiger partial charge in [0, 0.05) is 16.8 Å². The van der Waals surface area contributed by atoms with Crippen molar-refractivity contribution in [1.82, 2.24) is 10.3 Å². The number of aromatic nitrogens is 1. The summed E-state index contributed by atoms with van der Waals surface area (Å²) in [5.74, 6) is 0.387. The van der Waals surface area contributed by atoms with Gasteiger partial charge >= 0.3 is 0 Å². The molecular formula is C19H20N2OS. The molecule has 4 heteroatoms. The molecular weight excluding hydrogens is 304 g/mol. The van der Waals surface area contributed by atoms with Gasteiger partial charge in [0.2, 0.25) is 0 Å². The summed E-state index contributed by atoms with van der Waals surface area (Å²) in [6.45, 7) is 6.92. The van der Waals surface area contributed by atoms with Gasteiger partial charge in [-0.1, -0.05) is 32.0 Å². The molecule has 3 nitrogen and oxygen atoms in total. The second-order valence-corrected chi connectivity index (χ2v) is 7.37. The van der Waals surface area contributed by atoms with Crippen molar-refractivity contribution in [2.75, 3.05) is 6.54 Å². The maximum Gasteiger partial charge on any atom is 0.252 e. The molecule has 0 atom stereocenters. The van der Waals surface area contributed by atoms with Gasteiger partial charge in [0.05, 0.1) is 21.7 Å². The summed E-state index contributed by atoms with van der Waals surface area (Å²) in [6, 6.07) is 13.9.